The Balaban J connectivity index is -0.00000136. The van der Waals surface area contributed by atoms with Gasteiger partial charge in [-0.2, -0.15) is 10.2 Å². The van der Waals surface area contributed by atoms with Crippen molar-refractivity contribution < 1.29 is 354 Å². The quantitative estimate of drug-likeness (QED) is 0.0244. The number of methoxy groups -OCH3 is 2. The van der Waals surface area contributed by atoms with Crippen LogP contribution in [0.3, 0.4) is 0 Å². The van der Waals surface area contributed by atoms with Crippen molar-refractivity contribution in [3.8, 4) is 46.8 Å². The summed E-state index contributed by atoms with van der Waals surface area (Å²) < 4.78 is 24.6. The van der Waals surface area contributed by atoms with Crippen molar-refractivity contribution in [2.75, 3.05) is 65.8 Å². The maximum atomic E-state index is 11.5. The first-order valence-electron chi connectivity index (χ1n) is 19.6. The standard InChI is InChI=1S/C38H51N7O18P4.9Na/c1-60-15-17-62-34-22-31(35(63-18-16-61-2)21-30(34)7-5-3-4-6-8-38(46)47)10-9-29-19-36(44-13-11-32(40-44)23-42(25-64(48,49)50)26-65(51,52)53)39-37(20-29)45-14-12-33(41-45)24-43(27-66(54,55)56)28-67(57,58)59;;;;;;;;;/h11-14,19-22H,3-4,6,8,15-18,23-28H2,1-2H3,(H,46,47)(H2,48,49,50)(H2,51,52,53)(H2,54,55,56)(H2,57,58,59);;;;;;;;;/q;9*+1/p-9. The van der Waals surface area contributed by atoms with E-state index in [-0.39, 0.29) is 333 Å². The first-order chi connectivity index (χ1) is 31.4. The molecule has 0 unspecified atom stereocenters. The average Bonchev–Trinajstić information content (AvgIpc) is 3.86. The predicted molar refractivity (Wildman–Crippen MR) is 214 cm³/mol. The van der Waals surface area contributed by atoms with Gasteiger partial charge in [0.1, 0.15) is 24.7 Å². The maximum Gasteiger partial charge on any atom is 1.00 e. The summed E-state index contributed by atoms with van der Waals surface area (Å²) in [6.45, 7) is -0.495. The van der Waals surface area contributed by atoms with E-state index in [0.717, 1.165) is 0 Å². The Morgan fingerprint density at radius 2 is 0.934 bits per heavy atom. The number of aliphatic carboxylic acids is 1. The Labute approximate surface area is 642 Å². The Hall–Kier alpha value is 5.06. The number of carbonyl (C=O) groups is 1. The van der Waals surface area contributed by atoms with E-state index in [9.17, 15) is 68.6 Å². The summed E-state index contributed by atoms with van der Waals surface area (Å²) in [7, 11) is -18.4. The number of ether oxygens (including phenoxy) is 4. The van der Waals surface area contributed by atoms with Gasteiger partial charge in [0.2, 0.25) is 0 Å². The molecule has 0 aliphatic rings. The van der Waals surface area contributed by atoms with Gasteiger partial charge in [-0.3, -0.25) is 0 Å². The Morgan fingerprint density at radius 3 is 1.29 bits per heavy atom. The topological polar surface area (TPSA) is 409 Å². The van der Waals surface area contributed by atoms with Crippen LogP contribution in [0.25, 0.3) is 11.6 Å². The zero-order valence-electron chi connectivity index (χ0n) is 44.8. The van der Waals surface area contributed by atoms with Crippen LogP contribution in [0.5, 0.6) is 11.5 Å². The second-order valence-electron chi connectivity index (χ2n) is 14.4. The summed E-state index contributed by atoms with van der Waals surface area (Å²) in [5.74, 6) is 11.5. The number of carbonyl (C=O) groups excluding carboxylic acids is 1. The van der Waals surface area contributed by atoms with Gasteiger partial charge >= 0.3 is 266 Å². The number of hydrogen-bond donors (Lipinski definition) is 0. The molecule has 0 atom stereocenters. The number of nitrogens with zero attached hydrogens (tertiary/aromatic N) is 7. The molecule has 0 spiro atoms. The van der Waals surface area contributed by atoms with E-state index in [1.54, 1.807) is 12.1 Å². The van der Waals surface area contributed by atoms with Crippen molar-refractivity contribution in [1.82, 2.24) is 34.3 Å². The molecule has 0 aliphatic heterocycles. The smallest absolute Gasteiger partial charge is 0.687 e. The summed E-state index contributed by atoms with van der Waals surface area (Å²) in [6, 6.07) is 8.75. The number of aromatic nitrogens is 5. The minimum atomic E-state index is -5.33. The minimum Gasteiger partial charge on any atom is -0.687 e. The van der Waals surface area contributed by atoms with Gasteiger partial charge in [0, 0.05) is 69.8 Å². The summed E-state index contributed by atoms with van der Waals surface area (Å²) in [6.07, 6.45) is -1.33. The van der Waals surface area contributed by atoms with Crippen LogP contribution >= 0.6 is 31.8 Å². The molecule has 25 nitrogen and oxygen atoms in total. The Kier molecular flexibility index (Phi) is 56.1. The Morgan fingerprint density at radius 1 is 0.553 bits per heavy atom. The Bertz CT molecular complexity index is 2270. The van der Waals surface area contributed by atoms with Crippen molar-refractivity contribution in [1.29, 1.82) is 0 Å². The fourth-order valence-electron chi connectivity index (χ4n) is 5.93. The molecular weight excluding hydrogens is 1170 g/mol. The monoisotopic (exact) mass is 1220 g/mol. The fourth-order valence-corrected chi connectivity index (χ4v) is 9.00. The third-order valence-electron chi connectivity index (χ3n) is 8.49. The molecule has 3 aromatic heterocycles. The molecular formula is C38H42N7Na9O18P4. The van der Waals surface area contributed by atoms with Crippen molar-refractivity contribution in [3.63, 3.8) is 0 Å². The van der Waals surface area contributed by atoms with Gasteiger partial charge in [-0.05, 0) is 43.5 Å². The number of carboxylic acid groups (broad SMARTS) is 1. The van der Waals surface area contributed by atoms with Crippen molar-refractivity contribution in [2.45, 2.75) is 38.8 Å². The van der Waals surface area contributed by atoms with Crippen LogP contribution in [0.4, 0.5) is 0 Å². The molecule has 1 aromatic carbocycles. The van der Waals surface area contributed by atoms with E-state index in [2.05, 4.69) is 38.9 Å². The van der Waals surface area contributed by atoms with Gasteiger partial charge in [-0.15, -0.1) is 31.8 Å². The van der Waals surface area contributed by atoms with E-state index in [1.807, 2.05) is 0 Å². The molecule has 4 rings (SSSR count). The van der Waals surface area contributed by atoms with Crippen LogP contribution in [-0.4, -0.2) is 106 Å². The van der Waals surface area contributed by atoms with Gasteiger partial charge in [0.25, 0.3) is 0 Å². The molecule has 4 aromatic rings. The van der Waals surface area contributed by atoms with Crippen LogP contribution in [0, 0.1) is 23.7 Å². The van der Waals surface area contributed by atoms with Crippen molar-refractivity contribution in [3.05, 3.63) is 76.9 Å². The van der Waals surface area contributed by atoms with Gasteiger partial charge < -0.3 is 87.6 Å². The molecule has 366 valence electrons. The first kappa shape index (κ1) is 92.2. The third-order valence-corrected chi connectivity index (χ3v) is 11.5. The molecule has 38 heteroatoms. The number of benzene rings is 1. The van der Waals surface area contributed by atoms with Crippen LogP contribution in [-0.2, 0) is 27.4 Å². The van der Waals surface area contributed by atoms with Gasteiger partial charge in [-0.1, -0.05) is 23.7 Å². The third kappa shape index (κ3) is 39.1. The molecule has 0 amide bonds. The van der Waals surface area contributed by atoms with Crippen molar-refractivity contribution in [2.24, 2.45) is 0 Å². The SMILES string of the molecule is COCCOc1cc(C#Cc2cc(-n3ccc(CN(C[P+]([O-])([O-])[O-])C[P+]([O-])([O-])[O-])n3)nc(-n3ccc(CN(C[P+]([O-])([O-])[O-])C[P+]([O-])([O-])[O-])n3)c2)c(OCCOC)cc1C#CCCCCC(=O)[O-].[Na+].[Na+].[Na+].[Na+].[Na+].[Na+].[Na+].[Na+].[Na+]. The molecule has 3 heterocycles. The minimum absolute atomic E-state index is 0. The second-order valence-corrected chi connectivity index (χ2v) is 20.4. The largest absolute Gasteiger partial charge is 1.00 e. The molecule has 0 saturated heterocycles. The molecule has 0 saturated carbocycles. The van der Waals surface area contributed by atoms with Crippen molar-refractivity contribution >= 4 is 37.7 Å². The van der Waals surface area contributed by atoms with Gasteiger partial charge in [0.05, 0.1) is 60.9 Å². The molecule has 0 aliphatic carbocycles. The number of carboxylic acids is 1. The van der Waals surface area contributed by atoms with Crippen LogP contribution in [0.2, 0.25) is 0 Å². The first-order valence-corrected chi connectivity index (χ1v) is 26.5. The number of hydrogen-bond acceptors (Lipinski definition) is 23. The van der Waals surface area contributed by atoms with E-state index >= 15 is 0 Å². The summed E-state index contributed by atoms with van der Waals surface area (Å²) in [5.41, 5.74) is 0.956. The van der Waals surface area contributed by atoms with Crippen LogP contribution in [0.15, 0.2) is 48.8 Å². The number of pyridine rings is 1. The summed E-state index contributed by atoms with van der Waals surface area (Å²) in [5, 5.41) is 19.4. The van der Waals surface area contributed by atoms with E-state index in [1.165, 1.54) is 60.2 Å². The van der Waals surface area contributed by atoms with E-state index in [0.29, 0.717) is 45.9 Å². The second kappa shape index (κ2) is 46.2. The predicted octanol–water partition coefficient (Wildman–Crippen LogP) is -35.6. The van der Waals surface area contributed by atoms with E-state index in [4.69, 9.17) is 18.9 Å². The number of rotatable bonds is 26. The molecule has 76 heavy (non-hydrogen) atoms. The molecule has 0 radical (unpaired) electrons. The van der Waals surface area contributed by atoms with Crippen LogP contribution in [0.1, 0.15) is 53.8 Å². The van der Waals surface area contributed by atoms with E-state index < -0.39 is 76.0 Å². The zero-order valence-corrected chi connectivity index (χ0v) is 66.4. The number of unbranched alkanes of at least 4 members (excludes halogenated alkanes) is 2. The normalized spacial score (nSPS) is 10.8. The average molecular weight is 1220 g/mol. The molecule has 0 bridgehead atoms. The van der Waals surface area contributed by atoms with Gasteiger partial charge in [-0.25, -0.2) is 24.1 Å². The maximum absolute atomic E-state index is 11.5. The fraction of sp³-hybridized carbons (Fsp3) is 0.421. The zero-order chi connectivity index (χ0) is 49.4. The summed E-state index contributed by atoms with van der Waals surface area (Å²) in [4.78, 5) is 155. The van der Waals surface area contributed by atoms with Gasteiger partial charge in [0.15, 0.2) is 11.6 Å². The molecule has 0 fully saturated rings. The molecule has 0 N–H and O–H groups in total. The summed E-state index contributed by atoms with van der Waals surface area (Å²) >= 11 is 0. The van der Waals surface area contributed by atoms with Crippen LogP contribution < -0.4 is 339 Å².